The molecule has 7 nitrogen and oxygen atoms in total. The summed E-state index contributed by atoms with van der Waals surface area (Å²) in [5, 5.41) is 12.1. The zero-order valence-electron chi connectivity index (χ0n) is 17.4. The lowest BCUT2D eigenvalue weighted by Gasteiger charge is -2.62. The molecule has 1 aromatic carbocycles. The monoisotopic (exact) mass is 415 g/mol. The summed E-state index contributed by atoms with van der Waals surface area (Å²) in [6.07, 6.45) is 3.44. The van der Waals surface area contributed by atoms with E-state index in [-0.39, 0.29) is 18.6 Å². The molecule has 4 atom stereocenters. The summed E-state index contributed by atoms with van der Waals surface area (Å²) in [7, 11) is 1.62. The van der Waals surface area contributed by atoms with Gasteiger partial charge < -0.3 is 24.1 Å². The van der Waals surface area contributed by atoms with E-state index in [1.54, 1.807) is 7.11 Å². The molecular weight excluding hydrogens is 386 g/mol. The second-order valence-corrected chi connectivity index (χ2v) is 8.70. The highest BCUT2D eigenvalue weighted by Gasteiger charge is 2.73. The van der Waals surface area contributed by atoms with Crippen LogP contribution in [0.2, 0.25) is 0 Å². The Hall–Kier alpha value is -1.93. The Bertz CT molecular complexity index is 871. The largest absolute Gasteiger partial charge is 0.477 e. The molecule has 1 aromatic rings. The predicted octanol–water partition coefficient (Wildman–Crippen LogP) is 1.60. The molecule has 2 aliphatic carbocycles. The van der Waals surface area contributed by atoms with Gasteiger partial charge in [-0.15, -0.1) is 6.58 Å². The lowest BCUT2D eigenvalue weighted by Crippen LogP contribution is -2.76. The number of ketones is 1. The van der Waals surface area contributed by atoms with Crippen molar-refractivity contribution in [1.82, 2.24) is 4.90 Å². The van der Waals surface area contributed by atoms with Crippen molar-refractivity contribution >= 4 is 5.78 Å². The van der Waals surface area contributed by atoms with E-state index in [2.05, 4.69) is 17.5 Å². The SMILES string of the molecule is C=CCN1CC[C@@]23c4c5ccc(OCOCCOC)c4O[C@@H]2C(=O)CC[C@]3(O)[C@@H]1C5. The first-order chi connectivity index (χ1) is 14.6. The number of Topliss-reactive ketones (excluding diaryl/α,β-unsaturated/α-hetero) is 1. The highest BCUT2D eigenvalue weighted by atomic mass is 16.7. The zero-order valence-corrected chi connectivity index (χ0v) is 17.4. The minimum atomic E-state index is -1.00. The normalized spacial score (nSPS) is 33.7. The number of methoxy groups -OCH3 is 1. The molecule has 0 radical (unpaired) electrons. The van der Waals surface area contributed by atoms with E-state index < -0.39 is 17.1 Å². The number of nitrogens with zero attached hydrogens (tertiary/aromatic N) is 1. The Labute approximate surface area is 176 Å². The molecule has 1 spiro atoms. The third kappa shape index (κ3) is 2.56. The van der Waals surface area contributed by atoms with Gasteiger partial charge in [-0.1, -0.05) is 12.1 Å². The summed E-state index contributed by atoms with van der Waals surface area (Å²) >= 11 is 0. The Kier molecular flexibility index (Phi) is 4.89. The van der Waals surface area contributed by atoms with Crippen LogP contribution >= 0.6 is 0 Å². The maximum atomic E-state index is 13.0. The molecule has 7 heteroatoms. The van der Waals surface area contributed by atoms with Crippen LogP contribution in [0.5, 0.6) is 11.5 Å². The van der Waals surface area contributed by atoms with E-state index in [1.807, 2.05) is 12.1 Å². The minimum absolute atomic E-state index is 0.0500. The van der Waals surface area contributed by atoms with Crippen LogP contribution in [0.15, 0.2) is 24.8 Å². The zero-order chi connectivity index (χ0) is 20.9. The number of ether oxygens (including phenoxy) is 4. The molecule has 0 aromatic heterocycles. The highest BCUT2D eigenvalue weighted by Crippen LogP contribution is 2.64. The molecule has 1 N–H and O–H groups in total. The number of piperidine rings is 1. The lowest BCUT2D eigenvalue weighted by atomic mass is 9.49. The molecule has 30 heavy (non-hydrogen) atoms. The van der Waals surface area contributed by atoms with Crippen molar-refractivity contribution in [2.75, 3.05) is 40.2 Å². The minimum Gasteiger partial charge on any atom is -0.477 e. The molecule has 5 rings (SSSR count). The quantitative estimate of drug-likeness (QED) is 0.393. The Morgan fingerprint density at radius 1 is 1.37 bits per heavy atom. The molecule has 1 saturated carbocycles. The Balaban J connectivity index is 1.55. The van der Waals surface area contributed by atoms with Gasteiger partial charge in [-0.05, 0) is 30.9 Å². The average Bonchev–Trinajstić information content (AvgIpc) is 3.09. The topological polar surface area (TPSA) is 77.5 Å². The summed E-state index contributed by atoms with van der Waals surface area (Å²) in [5.41, 5.74) is 0.410. The molecule has 1 saturated heterocycles. The van der Waals surface area contributed by atoms with Crippen LogP contribution in [-0.4, -0.2) is 73.7 Å². The molecule has 2 fully saturated rings. The Morgan fingerprint density at radius 3 is 3.03 bits per heavy atom. The van der Waals surface area contributed by atoms with Crippen LogP contribution in [0.1, 0.15) is 30.4 Å². The van der Waals surface area contributed by atoms with Crippen LogP contribution in [0.4, 0.5) is 0 Å². The smallest absolute Gasteiger partial charge is 0.189 e. The Morgan fingerprint density at radius 2 is 2.23 bits per heavy atom. The van der Waals surface area contributed by atoms with Gasteiger partial charge in [0.2, 0.25) is 0 Å². The summed E-state index contributed by atoms with van der Waals surface area (Å²) in [6.45, 7) is 6.42. The predicted molar refractivity (Wildman–Crippen MR) is 109 cm³/mol. The first kappa shape index (κ1) is 20.0. The van der Waals surface area contributed by atoms with Crippen molar-refractivity contribution in [3.8, 4) is 11.5 Å². The van der Waals surface area contributed by atoms with E-state index in [1.165, 1.54) is 0 Å². The second-order valence-electron chi connectivity index (χ2n) is 8.70. The number of carbonyl (C=O) groups is 1. The lowest BCUT2D eigenvalue weighted by molar-refractivity contribution is -0.187. The summed E-state index contributed by atoms with van der Waals surface area (Å²) < 4.78 is 22.6. The molecule has 2 bridgehead atoms. The van der Waals surface area contributed by atoms with Crippen molar-refractivity contribution in [3.63, 3.8) is 0 Å². The molecule has 0 amide bonds. The first-order valence-electron chi connectivity index (χ1n) is 10.7. The fourth-order valence-corrected chi connectivity index (χ4v) is 6.21. The van der Waals surface area contributed by atoms with E-state index in [0.29, 0.717) is 44.0 Å². The molecule has 2 aliphatic heterocycles. The van der Waals surface area contributed by atoms with E-state index >= 15 is 0 Å². The van der Waals surface area contributed by atoms with Gasteiger partial charge in [0, 0.05) is 38.2 Å². The standard InChI is InChI=1S/C23H29NO6/c1-3-9-24-10-8-22-19-15-4-5-17(29-14-28-12-11-27-2)20(19)30-21(22)16(25)6-7-23(22,26)18(24)13-15/h3-5,18,21,26H,1,6-14H2,2H3/t18-,21+,22+,23-/m0/s1. The summed E-state index contributed by atoms with van der Waals surface area (Å²) in [4.78, 5) is 15.3. The number of likely N-dealkylation sites (tertiary alicyclic amines) is 1. The van der Waals surface area contributed by atoms with E-state index in [9.17, 15) is 9.90 Å². The number of aliphatic hydroxyl groups is 1. The summed E-state index contributed by atoms with van der Waals surface area (Å²) in [6, 6.07) is 3.90. The number of benzene rings is 1. The average molecular weight is 415 g/mol. The summed E-state index contributed by atoms with van der Waals surface area (Å²) in [5.74, 6) is 1.25. The van der Waals surface area contributed by atoms with E-state index in [4.69, 9.17) is 18.9 Å². The highest BCUT2D eigenvalue weighted by molar-refractivity contribution is 5.90. The van der Waals surface area contributed by atoms with Crippen LogP contribution < -0.4 is 9.47 Å². The molecule has 2 heterocycles. The van der Waals surface area contributed by atoms with Gasteiger partial charge in [-0.25, -0.2) is 0 Å². The number of carbonyl (C=O) groups excluding carboxylic acids is 1. The number of hydrogen-bond donors (Lipinski definition) is 1. The molecular formula is C23H29NO6. The van der Waals surface area contributed by atoms with Gasteiger partial charge >= 0.3 is 0 Å². The maximum absolute atomic E-state index is 13.0. The maximum Gasteiger partial charge on any atom is 0.189 e. The van der Waals surface area contributed by atoms with Crippen molar-refractivity contribution in [3.05, 3.63) is 35.9 Å². The van der Waals surface area contributed by atoms with Crippen molar-refractivity contribution in [2.24, 2.45) is 0 Å². The molecule has 4 aliphatic rings. The van der Waals surface area contributed by atoms with Crippen LogP contribution in [0.3, 0.4) is 0 Å². The van der Waals surface area contributed by atoms with Gasteiger partial charge in [-0.2, -0.15) is 0 Å². The van der Waals surface area contributed by atoms with E-state index in [0.717, 1.165) is 30.6 Å². The van der Waals surface area contributed by atoms with Crippen LogP contribution in [0, 0.1) is 0 Å². The fraction of sp³-hybridized carbons (Fsp3) is 0.609. The number of hydrogen-bond acceptors (Lipinski definition) is 7. The van der Waals surface area contributed by atoms with Crippen LogP contribution in [0.25, 0.3) is 0 Å². The third-order valence-electron chi connectivity index (χ3n) is 7.45. The third-order valence-corrected chi connectivity index (χ3v) is 7.45. The molecule has 162 valence electrons. The number of rotatable bonds is 8. The molecule has 0 unspecified atom stereocenters. The van der Waals surface area contributed by atoms with Crippen LogP contribution in [-0.2, 0) is 26.1 Å². The van der Waals surface area contributed by atoms with Crippen molar-refractivity contribution < 1.29 is 28.8 Å². The van der Waals surface area contributed by atoms with Crippen molar-refractivity contribution in [2.45, 2.75) is 48.8 Å². The van der Waals surface area contributed by atoms with Gasteiger partial charge in [-0.3, -0.25) is 9.69 Å². The van der Waals surface area contributed by atoms with Gasteiger partial charge in [0.1, 0.15) is 0 Å². The van der Waals surface area contributed by atoms with Gasteiger partial charge in [0.05, 0.1) is 24.2 Å². The fourth-order valence-electron chi connectivity index (χ4n) is 6.21. The van der Waals surface area contributed by atoms with Gasteiger partial charge in [0.15, 0.2) is 30.2 Å². The first-order valence-corrected chi connectivity index (χ1v) is 10.7. The second kappa shape index (κ2) is 7.34. The van der Waals surface area contributed by atoms with Gasteiger partial charge in [0.25, 0.3) is 0 Å². The van der Waals surface area contributed by atoms with Crippen molar-refractivity contribution in [1.29, 1.82) is 0 Å².